The zero-order valence-electron chi connectivity index (χ0n) is 10.6. The summed E-state index contributed by atoms with van der Waals surface area (Å²) in [6.07, 6.45) is 3.91. The van der Waals surface area contributed by atoms with Gasteiger partial charge in [0.05, 0.1) is 0 Å². The molecule has 1 aliphatic heterocycles. The zero-order valence-corrected chi connectivity index (χ0v) is 10.6. The second-order valence-electron chi connectivity index (χ2n) is 5.40. The van der Waals surface area contributed by atoms with Crippen molar-refractivity contribution in [3.63, 3.8) is 0 Å². The molecular formula is C13H13BN2O3. The van der Waals surface area contributed by atoms with Gasteiger partial charge in [-0.1, -0.05) is 11.5 Å². The summed E-state index contributed by atoms with van der Waals surface area (Å²) in [7, 11) is 7.62. The minimum Gasteiger partial charge on any atom is -0.368 e. The first-order valence-electron chi connectivity index (χ1n) is 6.44. The van der Waals surface area contributed by atoms with E-state index in [1.165, 1.54) is 0 Å². The molecule has 0 bridgehead atoms. The smallest absolute Gasteiger partial charge is 0.228 e. The zero-order chi connectivity index (χ0) is 13.2. The number of nitrogens with zero attached hydrogens (tertiary/aromatic N) is 1. The monoisotopic (exact) mass is 256 g/mol. The Bertz CT molecular complexity index is 565. The van der Waals surface area contributed by atoms with Crippen LogP contribution in [0.1, 0.15) is 18.4 Å². The molecule has 3 aliphatic rings. The molecule has 0 spiro atoms. The number of ether oxygens (including phenoxy) is 2. The largest absolute Gasteiger partial charge is 0.368 e. The number of carbonyl (C=O) groups excluding carboxylic acids is 1. The standard InChI is InChI=1S/C13H13BN2O3/c1-18-13(9-10(13)19-9)7-4-8(14)11(15-5-7)16-12(17)6-2-3-6/h4-6,9-10H,2-3H2,1H3,(H,15,16,17). The molecule has 0 aromatic carbocycles. The molecule has 1 N–H and O–H groups in total. The highest BCUT2D eigenvalue weighted by Crippen LogP contribution is 2.65. The van der Waals surface area contributed by atoms with Gasteiger partial charge in [-0.05, 0) is 12.8 Å². The third kappa shape index (κ3) is 1.56. The molecule has 2 saturated carbocycles. The summed E-state index contributed by atoms with van der Waals surface area (Å²) in [6, 6.07) is 1.81. The molecular weight excluding hydrogens is 243 g/mol. The quantitative estimate of drug-likeness (QED) is 0.601. The van der Waals surface area contributed by atoms with Crippen molar-refractivity contribution in [1.29, 1.82) is 0 Å². The molecule has 1 aromatic heterocycles. The molecule has 1 amide bonds. The second kappa shape index (κ2) is 3.58. The first-order valence-corrected chi connectivity index (χ1v) is 6.44. The van der Waals surface area contributed by atoms with Gasteiger partial charge in [0.25, 0.3) is 0 Å². The number of carbonyl (C=O) groups is 1. The Morgan fingerprint density at radius 1 is 1.58 bits per heavy atom. The van der Waals surface area contributed by atoms with Gasteiger partial charge < -0.3 is 14.8 Å². The first-order chi connectivity index (χ1) is 9.16. The molecule has 96 valence electrons. The molecule has 2 heterocycles. The van der Waals surface area contributed by atoms with Crippen LogP contribution in [0.15, 0.2) is 12.3 Å². The van der Waals surface area contributed by atoms with E-state index in [4.69, 9.17) is 17.3 Å². The van der Waals surface area contributed by atoms with Crippen LogP contribution in [-0.2, 0) is 19.9 Å². The Morgan fingerprint density at radius 3 is 2.79 bits per heavy atom. The maximum Gasteiger partial charge on any atom is 0.228 e. The lowest BCUT2D eigenvalue weighted by Crippen LogP contribution is -2.28. The number of aromatic nitrogens is 1. The van der Waals surface area contributed by atoms with E-state index < -0.39 is 0 Å². The van der Waals surface area contributed by atoms with Gasteiger partial charge in [-0.25, -0.2) is 4.98 Å². The molecule has 2 radical (unpaired) electrons. The maximum absolute atomic E-state index is 11.7. The van der Waals surface area contributed by atoms with Crippen molar-refractivity contribution in [2.24, 2.45) is 5.92 Å². The summed E-state index contributed by atoms with van der Waals surface area (Å²) in [5.41, 5.74) is 1.02. The Morgan fingerprint density at radius 2 is 2.32 bits per heavy atom. The Labute approximate surface area is 112 Å². The Hall–Kier alpha value is -1.40. The molecule has 19 heavy (non-hydrogen) atoms. The Balaban J connectivity index is 1.56. The average Bonchev–Trinajstić information content (AvgIpc) is 3.21. The molecule has 2 atom stereocenters. The van der Waals surface area contributed by atoms with E-state index in [0.29, 0.717) is 11.3 Å². The molecule has 5 nitrogen and oxygen atoms in total. The highest BCUT2D eigenvalue weighted by Gasteiger charge is 2.82. The number of amides is 1. The number of hydrogen-bond donors (Lipinski definition) is 1. The van der Waals surface area contributed by atoms with E-state index in [9.17, 15) is 4.79 Å². The van der Waals surface area contributed by atoms with Crippen LogP contribution in [0.25, 0.3) is 0 Å². The SMILES string of the molecule is [B]c1cc(C2(OC)C3OC32)cnc1NC(=O)C1CC1. The summed E-state index contributed by atoms with van der Waals surface area (Å²) < 4.78 is 10.8. The number of fused-ring (bicyclic) bond motifs is 1. The van der Waals surface area contributed by atoms with Gasteiger partial charge in [0.15, 0.2) is 5.60 Å². The summed E-state index contributed by atoms with van der Waals surface area (Å²) in [6.45, 7) is 0. The van der Waals surface area contributed by atoms with Crippen LogP contribution in [0, 0.1) is 5.92 Å². The van der Waals surface area contributed by atoms with E-state index in [1.54, 1.807) is 13.3 Å². The van der Waals surface area contributed by atoms with Crippen LogP contribution in [0.5, 0.6) is 0 Å². The predicted octanol–water partition coefficient (Wildman–Crippen LogP) is -0.153. The number of rotatable bonds is 4. The minimum absolute atomic E-state index is 0.00556. The fourth-order valence-corrected chi connectivity index (χ4v) is 2.59. The molecule has 1 aromatic rings. The fraction of sp³-hybridized carbons (Fsp3) is 0.538. The number of anilines is 1. The average molecular weight is 256 g/mol. The van der Waals surface area contributed by atoms with Gasteiger partial charge in [0, 0.05) is 24.8 Å². The van der Waals surface area contributed by atoms with E-state index >= 15 is 0 Å². The summed E-state index contributed by atoms with van der Waals surface area (Å²) >= 11 is 0. The van der Waals surface area contributed by atoms with Crippen molar-refractivity contribution in [3.05, 3.63) is 17.8 Å². The van der Waals surface area contributed by atoms with Crippen LogP contribution in [0.3, 0.4) is 0 Å². The lowest BCUT2D eigenvalue weighted by molar-refractivity contribution is -0.117. The Kier molecular flexibility index (Phi) is 2.15. The van der Waals surface area contributed by atoms with Crippen molar-refractivity contribution >= 4 is 25.0 Å². The van der Waals surface area contributed by atoms with E-state index in [0.717, 1.165) is 18.4 Å². The van der Waals surface area contributed by atoms with Gasteiger partial charge in [-0.3, -0.25) is 4.79 Å². The third-order valence-corrected chi connectivity index (χ3v) is 4.12. The van der Waals surface area contributed by atoms with E-state index in [-0.39, 0.29) is 29.6 Å². The van der Waals surface area contributed by atoms with Crippen molar-refractivity contribution in [3.8, 4) is 0 Å². The third-order valence-electron chi connectivity index (χ3n) is 4.12. The number of pyridine rings is 1. The number of hydrogen-bond acceptors (Lipinski definition) is 4. The van der Waals surface area contributed by atoms with Gasteiger partial charge in [0.2, 0.25) is 5.91 Å². The van der Waals surface area contributed by atoms with Gasteiger partial charge in [-0.15, -0.1) is 0 Å². The highest BCUT2D eigenvalue weighted by atomic mass is 16.7. The second-order valence-corrected chi connectivity index (χ2v) is 5.40. The van der Waals surface area contributed by atoms with Crippen LogP contribution in [0.4, 0.5) is 5.82 Å². The summed E-state index contributed by atoms with van der Waals surface area (Å²) in [4.78, 5) is 15.9. The molecule has 4 rings (SSSR count). The predicted molar refractivity (Wildman–Crippen MR) is 68.3 cm³/mol. The first kappa shape index (κ1) is 11.4. The van der Waals surface area contributed by atoms with Crippen LogP contribution in [-0.4, -0.2) is 38.1 Å². The van der Waals surface area contributed by atoms with Crippen molar-refractivity contribution < 1.29 is 14.3 Å². The van der Waals surface area contributed by atoms with Crippen LogP contribution in [0.2, 0.25) is 0 Å². The topological polar surface area (TPSA) is 63.8 Å². The van der Waals surface area contributed by atoms with Crippen molar-refractivity contribution in [2.45, 2.75) is 30.7 Å². The van der Waals surface area contributed by atoms with Gasteiger partial charge in [-0.2, -0.15) is 0 Å². The van der Waals surface area contributed by atoms with Crippen molar-refractivity contribution in [2.75, 3.05) is 12.4 Å². The summed E-state index contributed by atoms with van der Waals surface area (Å²) in [5, 5.41) is 2.76. The minimum atomic E-state index is -0.361. The van der Waals surface area contributed by atoms with E-state index in [2.05, 4.69) is 10.3 Å². The van der Waals surface area contributed by atoms with Gasteiger partial charge >= 0.3 is 0 Å². The molecule has 2 aliphatic carbocycles. The molecule has 2 unspecified atom stereocenters. The molecule has 1 saturated heterocycles. The fourth-order valence-electron chi connectivity index (χ4n) is 2.59. The lowest BCUT2D eigenvalue weighted by atomic mass is 9.93. The highest BCUT2D eigenvalue weighted by molar-refractivity contribution is 6.36. The lowest BCUT2D eigenvalue weighted by Gasteiger charge is -2.21. The summed E-state index contributed by atoms with van der Waals surface area (Å²) in [5.74, 6) is 0.573. The number of nitrogens with one attached hydrogen (secondary N) is 1. The van der Waals surface area contributed by atoms with Crippen LogP contribution >= 0.6 is 0 Å². The van der Waals surface area contributed by atoms with Crippen LogP contribution < -0.4 is 10.8 Å². The number of epoxide rings is 1. The van der Waals surface area contributed by atoms with E-state index in [1.807, 2.05) is 6.07 Å². The van der Waals surface area contributed by atoms with Crippen molar-refractivity contribution in [1.82, 2.24) is 4.98 Å². The maximum atomic E-state index is 11.7. The normalized spacial score (nSPS) is 34.6. The molecule has 6 heteroatoms. The molecule has 3 fully saturated rings. The number of methoxy groups -OCH3 is 1. The van der Waals surface area contributed by atoms with Gasteiger partial charge in [0.1, 0.15) is 25.9 Å².